The van der Waals surface area contributed by atoms with Gasteiger partial charge in [-0.3, -0.25) is 0 Å². The summed E-state index contributed by atoms with van der Waals surface area (Å²) in [6.07, 6.45) is 0. The Morgan fingerprint density at radius 2 is 0.885 bits per heavy atom. The predicted molar refractivity (Wildman–Crippen MR) is 98.7 cm³/mol. The van der Waals surface area contributed by atoms with E-state index in [4.69, 9.17) is 20.0 Å². The molecule has 0 unspecified atom stereocenters. The van der Waals surface area contributed by atoms with Crippen LogP contribution in [0.25, 0.3) is 11.1 Å². The molecule has 0 atom stereocenters. The SMILES string of the molecule is N#Cc1ccc(OCCOc2ccc(-c3ccc(C#N)cc3)cc2)cc1. The van der Waals surface area contributed by atoms with E-state index in [-0.39, 0.29) is 0 Å². The summed E-state index contributed by atoms with van der Waals surface area (Å²) in [5, 5.41) is 17.6. The highest BCUT2D eigenvalue weighted by Gasteiger charge is 2.00. The lowest BCUT2D eigenvalue weighted by molar-refractivity contribution is 0.217. The Labute approximate surface area is 152 Å². The first kappa shape index (κ1) is 17.1. The van der Waals surface area contributed by atoms with E-state index in [0.29, 0.717) is 30.1 Å². The highest BCUT2D eigenvalue weighted by Crippen LogP contribution is 2.22. The molecular weight excluding hydrogens is 324 g/mol. The largest absolute Gasteiger partial charge is 0.490 e. The van der Waals surface area contributed by atoms with Gasteiger partial charge in [0, 0.05) is 0 Å². The first-order valence-corrected chi connectivity index (χ1v) is 8.15. The fourth-order valence-electron chi connectivity index (χ4n) is 2.43. The van der Waals surface area contributed by atoms with Crippen molar-refractivity contribution in [3.05, 3.63) is 83.9 Å². The molecule has 0 heterocycles. The fraction of sp³-hybridized carbons (Fsp3) is 0.0909. The molecule has 0 fully saturated rings. The van der Waals surface area contributed by atoms with Crippen molar-refractivity contribution >= 4 is 0 Å². The summed E-state index contributed by atoms with van der Waals surface area (Å²) in [6, 6.07) is 26.4. The van der Waals surface area contributed by atoms with E-state index in [0.717, 1.165) is 16.9 Å². The number of nitriles is 2. The van der Waals surface area contributed by atoms with Crippen molar-refractivity contribution < 1.29 is 9.47 Å². The van der Waals surface area contributed by atoms with Crippen LogP contribution >= 0.6 is 0 Å². The van der Waals surface area contributed by atoms with Crippen LogP contribution < -0.4 is 9.47 Å². The van der Waals surface area contributed by atoms with Gasteiger partial charge in [0.05, 0.1) is 23.3 Å². The summed E-state index contributed by atoms with van der Waals surface area (Å²) in [4.78, 5) is 0. The molecule has 0 saturated carbocycles. The minimum atomic E-state index is 0.420. The van der Waals surface area contributed by atoms with Gasteiger partial charge in [0.25, 0.3) is 0 Å². The lowest BCUT2D eigenvalue weighted by Gasteiger charge is -2.09. The highest BCUT2D eigenvalue weighted by atomic mass is 16.5. The van der Waals surface area contributed by atoms with Crippen molar-refractivity contribution in [2.45, 2.75) is 0 Å². The van der Waals surface area contributed by atoms with Crippen molar-refractivity contribution in [1.82, 2.24) is 0 Å². The highest BCUT2D eigenvalue weighted by molar-refractivity contribution is 5.64. The van der Waals surface area contributed by atoms with Gasteiger partial charge in [-0.1, -0.05) is 24.3 Å². The van der Waals surface area contributed by atoms with E-state index < -0.39 is 0 Å². The molecule has 126 valence electrons. The van der Waals surface area contributed by atoms with Gasteiger partial charge in [0.15, 0.2) is 0 Å². The van der Waals surface area contributed by atoms with Crippen LogP contribution in [0.5, 0.6) is 11.5 Å². The summed E-state index contributed by atoms with van der Waals surface area (Å²) >= 11 is 0. The third-order valence-corrected chi connectivity index (χ3v) is 3.81. The molecule has 0 radical (unpaired) electrons. The average molecular weight is 340 g/mol. The molecule has 0 saturated heterocycles. The molecule has 0 aliphatic heterocycles. The number of nitrogens with zero attached hydrogens (tertiary/aromatic N) is 2. The van der Waals surface area contributed by atoms with Crippen LogP contribution in [0, 0.1) is 22.7 Å². The van der Waals surface area contributed by atoms with E-state index in [1.54, 1.807) is 36.4 Å². The minimum Gasteiger partial charge on any atom is -0.490 e. The molecule has 0 amide bonds. The van der Waals surface area contributed by atoms with E-state index in [9.17, 15) is 0 Å². The maximum absolute atomic E-state index is 8.84. The molecule has 0 bridgehead atoms. The number of hydrogen-bond donors (Lipinski definition) is 0. The lowest BCUT2D eigenvalue weighted by atomic mass is 10.0. The van der Waals surface area contributed by atoms with E-state index >= 15 is 0 Å². The van der Waals surface area contributed by atoms with Crippen molar-refractivity contribution in [3.63, 3.8) is 0 Å². The van der Waals surface area contributed by atoms with Crippen molar-refractivity contribution in [2.24, 2.45) is 0 Å². The Bertz CT molecular complexity index is 932. The van der Waals surface area contributed by atoms with E-state index in [1.165, 1.54) is 0 Å². The number of hydrogen-bond acceptors (Lipinski definition) is 4. The second-order valence-corrected chi connectivity index (χ2v) is 5.55. The zero-order valence-electron chi connectivity index (χ0n) is 14.1. The summed E-state index contributed by atoms with van der Waals surface area (Å²) in [5.41, 5.74) is 3.38. The van der Waals surface area contributed by atoms with Gasteiger partial charge in [-0.25, -0.2) is 0 Å². The summed E-state index contributed by atoms with van der Waals surface area (Å²) in [6.45, 7) is 0.847. The predicted octanol–water partition coefficient (Wildman–Crippen LogP) is 4.55. The molecule has 26 heavy (non-hydrogen) atoms. The first-order valence-electron chi connectivity index (χ1n) is 8.15. The van der Waals surface area contributed by atoms with Crippen molar-refractivity contribution in [2.75, 3.05) is 13.2 Å². The summed E-state index contributed by atoms with van der Waals surface area (Å²) in [5.74, 6) is 1.48. The second kappa shape index (κ2) is 8.37. The molecule has 4 nitrogen and oxygen atoms in total. The second-order valence-electron chi connectivity index (χ2n) is 5.55. The van der Waals surface area contributed by atoms with Crippen molar-refractivity contribution in [1.29, 1.82) is 10.5 Å². The van der Waals surface area contributed by atoms with E-state index in [1.807, 2.05) is 36.4 Å². The zero-order chi connectivity index (χ0) is 18.2. The maximum atomic E-state index is 8.84. The van der Waals surface area contributed by atoms with Crippen LogP contribution in [0.15, 0.2) is 72.8 Å². The molecule has 3 aromatic rings. The molecular formula is C22H16N2O2. The molecule has 4 heteroatoms. The van der Waals surface area contributed by atoms with Gasteiger partial charge >= 0.3 is 0 Å². The van der Waals surface area contributed by atoms with Gasteiger partial charge in [-0.05, 0) is 59.7 Å². The lowest BCUT2D eigenvalue weighted by Crippen LogP contribution is -2.08. The van der Waals surface area contributed by atoms with Crippen LogP contribution in [0.2, 0.25) is 0 Å². The fourth-order valence-corrected chi connectivity index (χ4v) is 2.43. The number of benzene rings is 3. The summed E-state index contributed by atoms with van der Waals surface area (Å²) < 4.78 is 11.3. The van der Waals surface area contributed by atoms with Crippen LogP contribution in [0.1, 0.15) is 11.1 Å². The van der Waals surface area contributed by atoms with Gasteiger partial charge < -0.3 is 9.47 Å². The smallest absolute Gasteiger partial charge is 0.122 e. The monoisotopic (exact) mass is 340 g/mol. The minimum absolute atomic E-state index is 0.420. The first-order chi connectivity index (χ1) is 12.8. The molecule has 0 N–H and O–H groups in total. The molecule has 3 aromatic carbocycles. The Morgan fingerprint density at radius 3 is 1.31 bits per heavy atom. The molecule has 3 rings (SSSR count). The molecule has 0 aliphatic carbocycles. The number of rotatable bonds is 6. The zero-order valence-corrected chi connectivity index (χ0v) is 14.1. The molecule has 0 aromatic heterocycles. The molecule has 0 spiro atoms. The molecule has 0 aliphatic rings. The van der Waals surface area contributed by atoms with Gasteiger partial charge in [0.2, 0.25) is 0 Å². The van der Waals surface area contributed by atoms with Gasteiger partial charge in [0.1, 0.15) is 24.7 Å². The quantitative estimate of drug-likeness (QED) is 0.617. The Kier molecular flexibility index (Phi) is 5.50. The number of ether oxygens (including phenoxy) is 2. The average Bonchev–Trinajstić information content (AvgIpc) is 2.72. The van der Waals surface area contributed by atoms with Gasteiger partial charge in [-0.2, -0.15) is 10.5 Å². The topological polar surface area (TPSA) is 66.0 Å². The van der Waals surface area contributed by atoms with Crippen LogP contribution in [-0.4, -0.2) is 13.2 Å². The Balaban J connectivity index is 1.49. The van der Waals surface area contributed by atoms with Crippen molar-refractivity contribution in [3.8, 4) is 34.8 Å². The van der Waals surface area contributed by atoms with Crippen LogP contribution in [0.3, 0.4) is 0 Å². The van der Waals surface area contributed by atoms with Crippen LogP contribution in [-0.2, 0) is 0 Å². The maximum Gasteiger partial charge on any atom is 0.122 e. The Hall–Kier alpha value is -3.76. The van der Waals surface area contributed by atoms with Crippen LogP contribution in [0.4, 0.5) is 0 Å². The van der Waals surface area contributed by atoms with E-state index in [2.05, 4.69) is 12.1 Å². The summed E-state index contributed by atoms with van der Waals surface area (Å²) in [7, 11) is 0. The standard InChI is InChI=1S/C22H16N2O2/c23-15-17-1-5-19(6-2-17)20-7-11-22(12-8-20)26-14-13-25-21-9-3-18(16-24)4-10-21/h1-12H,13-14H2. The third-order valence-electron chi connectivity index (χ3n) is 3.81. The third kappa shape index (κ3) is 4.41. The van der Waals surface area contributed by atoms with Gasteiger partial charge in [-0.15, -0.1) is 0 Å². The Morgan fingerprint density at radius 1 is 0.538 bits per heavy atom. The normalized spacial score (nSPS) is 9.77.